The van der Waals surface area contributed by atoms with Crippen LogP contribution in [0.4, 0.5) is 0 Å². The van der Waals surface area contributed by atoms with Gasteiger partial charge < -0.3 is 10.2 Å². The summed E-state index contributed by atoms with van der Waals surface area (Å²) in [4.78, 5) is 14.9. The first-order chi connectivity index (χ1) is 11.2. The topological polar surface area (TPSA) is 32.3 Å². The lowest BCUT2D eigenvalue weighted by Gasteiger charge is -2.25. The van der Waals surface area contributed by atoms with Crippen LogP contribution in [0.15, 0.2) is 48.5 Å². The van der Waals surface area contributed by atoms with Crippen LogP contribution >= 0.6 is 24.0 Å². The fraction of sp³-hybridized carbons (Fsp3) is 0.316. The molecule has 2 aromatic carbocycles. The molecule has 24 heavy (non-hydrogen) atoms. The number of carbonyl (C=O) groups is 1. The summed E-state index contributed by atoms with van der Waals surface area (Å²) >= 11 is 6.32. The fourth-order valence-corrected chi connectivity index (χ4v) is 3.40. The highest BCUT2D eigenvalue weighted by atomic mass is 35.5. The number of carbonyl (C=O) groups excluding carboxylic acids is 1. The van der Waals surface area contributed by atoms with E-state index in [1.54, 1.807) is 0 Å². The standard InChI is InChI=1S/C19H21ClN2O.ClH/c1-21-13-16-8-5-11-22(16)19(23)17-12-15(9-10-18(17)20)14-6-3-2-4-7-14;/h2-4,6-7,9-10,12,16,21H,5,8,11,13H2,1H3;1H. The van der Waals surface area contributed by atoms with E-state index in [0.29, 0.717) is 10.6 Å². The Morgan fingerprint density at radius 2 is 1.96 bits per heavy atom. The zero-order valence-corrected chi connectivity index (χ0v) is 15.2. The molecular weight excluding hydrogens is 343 g/mol. The number of hydrogen-bond donors (Lipinski definition) is 1. The van der Waals surface area contributed by atoms with Gasteiger partial charge in [0.25, 0.3) is 5.91 Å². The van der Waals surface area contributed by atoms with E-state index in [1.807, 2.05) is 60.5 Å². The number of amides is 1. The van der Waals surface area contributed by atoms with E-state index < -0.39 is 0 Å². The molecule has 0 aromatic heterocycles. The normalized spacial score (nSPS) is 16.8. The molecule has 0 saturated carbocycles. The van der Waals surface area contributed by atoms with Gasteiger partial charge in [-0.3, -0.25) is 4.79 Å². The number of nitrogens with one attached hydrogen (secondary N) is 1. The van der Waals surface area contributed by atoms with Crippen molar-refractivity contribution in [2.75, 3.05) is 20.1 Å². The van der Waals surface area contributed by atoms with Crippen LogP contribution in [0.3, 0.4) is 0 Å². The maximum atomic E-state index is 13.0. The first-order valence-corrected chi connectivity index (χ1v) is 8.39. The molecule has 1 fully saturated rings. The van der Waals surface area contributed by atoms with Crippen LogP contribution in [-0.4, -0.2) is 37.0 Å². The van der Waals surface area contributed by atoms with Gasteiger partial charge in [-0.25, -0.2) is 0 Å². The van der Waals surface area contributed by atoms with Crippen molar-refractivity contribution < 1.29 is 4.79 Å². The lowest BCUT2D eigenvalue weighted by atomic mass is 10.0. The molecule has 3 nitrogen and oxygen atoms in total. The van der Waals surface area contributed by atoms with E-state index in [1.165, 1.54) is 0 Å². The molecule has 1 amide bonds. The first kappa shape index (κ1) is 18.8. The molecule has 0 radical (unpaired) electrons. The predicted molar refractivity (Wildman–Crippen MR) is 102 cm³/mol. The lowest BCUT2D eigenvalue weighted by molar-refractivity contribution is 0.0737. The van der Waals surface area contributed by atoms with Crippen molar-refractivity contribution in [3.05, 3.63) is 59.1 Å². The maximum Gasteiger partial charge on any atom is 0.255 e. The maximum absolute atomic E-state index is 13.0. The van der Waals surface area contributed by atoms with Crippen LogP contribution in [0.25, 0.3) is 11.1 Å². The lowest BCUT2D eigenvalue weighted by Crippen LogP contribution is -2.40. The first-order valence-electron chi connectivity index (χ1n) is 8.01. The van der Waals surface area contributed by atoms with Crippen molar-refractivity contribution in [1.82, 2.24) is 10.2 Å². The minimum absolute atomic E-state index is 0. The Morgan fingerprint density at radius 3 is 2.67 bits per heavy atom. The molecule has 1 atom stereocenters. The highest BCUT2D eigenvalue weighted by Gasteiger charge is 2.29. The van der Waals surface area contributed by atoms with E-state index in [-0.39, 0.29) is 24.4 Å². The molecule has 2 aromatic rings. The van der Waals surface area contributed by atoms with E-state index in [2.05, 4.69) is 5.32 Å². The third-order valence-electron chi connectivity index (χ3n) is 4.38. The van der Waals surface area contributed by atoms with E-state index >= 15 is 0 Å². The number of likely N-dealkylation sites (tertiary alicyclic amines) is 1. The SMILES string of the molecule is CNCC1CCCN1C(=O)c1cc(-c2ccccc2)ccc1Cl.Cl. The molecule has 1 saturated heterocycles. The number of rotatable bonds is 4. The average Bonchev–Trinajstić information content (AvgIpc) is 3.04. The molecule has 1 aliphatic heterocycles. The van der Waals surface area contributed by atoms with Gasteiger partial charge in [0.2, 0.25) is 0 Å². The van der Waals surface area contributed by atoms with Gasteiger partial charge in [-0.1, -0.05) is 48.0 Å². The van der Waals surface area contributed by atoms with Crippen LogP contribution in [0.1, 0.15) is 23.2 Å². The summed E-state index contributed by atoms with van der Waals surface area (Å²) < 4.78 is 0. The summed E-state index contributed by atoms with van der Waals surface area (Å²) in [6.45, 7) is 1.62. The fourth-order valence-electron chi connectivity index (χ4n) is 3.20. The van der Waals surface area contributed by atoms with Gasteiger partial charge in [0.1, 0.15) is 0 Å². The summed E-state index contributed by atoms with van der Waals surface area (Å²) in [7, 11) is 1.92. The summed E-state index contributed by atoms with van der Waals surface area (Å²) in [5.74, 6) is 0.0329. The highest BCUT2D eigenvalue weighted by molar-refractivity contribution is 6.34. The summed E-state index contributed by atoms with van der Waals surface area (Å²) in [5, 5.41) is 3.69. The Morgan fingerprint density at radius 1 is 1.21 bits per heavy atom. The Labute approximate surface area is 154 Å². The van der Waals surface area contributed by atoms with Crippen molar-refractivity contribution in [2.45, 2.75) is 18.9 Å². The molecular formula is C19H22Cl2N2O. The molecule has 128 valence electrons. The molecule has 0 spiro atoms. The van der Waals surface area contributed by atoms with Crippen LogP contribution in [0, 0.1) is 0 Å². The molecule has 1 aliphatic rings. The number of nitrogens with zero attached hydrogens (tertiary/aromatic N) is 1. The molecule has 5 heteroatoms. The smallest absolute Gasteiger partial charge is 0.255 e. The minimum atomic E-state index is 0. The zero-order valence-electron chi connectivity index (χ0n) is 13.7. The van der Waals surface area contributed by atoms with Crippen LogP contribution in [0.5, 0.6) is 0 Å². The number of benzene rings is 2. The third kappa shape index (κ3) is 3.92. The number of likely N-dealkylation sites (N-methyl/N-ethyl adjacent to an activating group) is 1. The van der Waals surface area contributed by atoms with Gasteiger partial charge in [-0.05, 0) is 43.1 Å². The van der Waals surface area contributed by atoms with Crippen molar-refractivity contribution in [2.24, 2.45) is 0 Å². The Balaban J connectivity index is 0.00000208. The Hall–Kier alpha value is -1.55. The molecule has 0 aliphatic carbocycles. The van der Waals surface area contributed by atoms with Crippen molar-refractivity contribution in [3.63, 3.8) is 0 Å². The quantitative estimate of drug-likeness (QED) is 0.879. The summed E-state index contributed by atoms with van der Waals surface area (Å²) in [5.41, 5.74) is 2.70. The van der Waals surface area contributed by atoms with Gasteiger partial charge in [-0.2, -0.15) is 0 Å². The van der Waals surface area contributed by atoms with E-state index in [0.717, 1.165) is 37.1 Å². The van der Waals surface area contributed by atoms with Gasteiger partial charge in [0.05, 0.1) is 10.6 Å². The van der Waals surface area contributed by atoms with Gasteiger partial charge in [-0.15, -0.1) is 12.4 Å². The third-order valence-corrected chi connectivity index (χ3v) is 4.71. The van der Waals surface area contributed by atoms with E-state index in [9.17, 15) is 4.79 Å². The molecule has 1 heterocycles. The second-order valence-corrected chi connectivity index (χ2v) is 6.32. The Kier molecular flexibility index (Phi) is 6.67. The molecule has 1 unspecified atom stereocenters. The monoisotopic (exact) mass is 364 g/mol. The summed E-state index contributed by atoms with van der Waals surface area (Å²) in [6, 6.07) is 16.0. The second-order valence-electron chi connectivity index (χ2n) is 5.91. The molecule has 3 rings (SSSR count). The minimum Gasteiger partial charge on any atom is -0.334 e. The summed E-state index contributed by atoms with van der Waals surface area (Å²) in [6.07, 6.45) is 2.09. The zero-order chi connectivity index (χ0) is 16.2. The molecule has 0 bridgehead atoms. The van der Waals surface area contributed by atoms with Gasteiger partial charge in [0.15, 0.2) is 0 Å². The number of halogens is 2. The highest BCUT2D eigenvalue weighted by Crippen LogP contribution is 2.28. The van der Waals surface area contributed by atoms with Crippen LogP contribution in [0.2, 0.25) is 5.02 Å². The number of hydrogen-bond acceptors (Lipinski definition) is 2. The largest absolute Gasteiger partial charge is 0.334 e. The second kappa shape index (κ2) is 8.52. The average molecular weight is 365 g/mol. The predicted octanol–water partition coefficient (Wildman–Crippen LogP) is 4.25. The molecule has 1 N–H and O–H groups in total. The van der Waals surface area contributed by atoms with E-state index in [4.69, 9.17) is 11.6 Å². The van der Waals surface area contributed by atoms with Gasteiger partial charge in [0, 0.05) is 19.1 Å². The van der Waals surface area contributed by atoms with Gasteiger partial charge >= 0.3 is 0 Å². The van der Waals surface area contributed by atoms with Crippen molar-refractivity contribution in [1.29, 1.82) is 0 Å². The van der Waals surface area contributed by atoms with Crippen LogP contribution in [-0.2, 0) is 0 Å². The van der Waals surface area contributed by atoms with Crippen molar-refractivity contribution >= 4 is 29.9 Å². The Bertz CT molecular complexity index is 691. The van der Waals surface area contributed by atoms with Crippen LogP contribution < -0.4 is 5.32 Å². The van der Waals surface area contributed by atoms with Crippen molar-refractivity contribution in [3.8, 4) is 11.1 Å².